The van der Waals surface area contributed by atoms with Crippen molar-refractivity contribution in [3.05, 3.63) is 29.8 Å². The van der Waals surface area contributed by atoms with Crippen molar-refractivity contribution in [2.75, 3.05) is 26.7 Å². The van der Waals surface area contributed by atoms with Gasteiger partial charge in [0.1, 0.15) is 5.75 Å². The number of methoxy groups -OCH3 is 1. The van der Waals surface area contributed by atoms with E-state index in [2.05, 4.69) is 10.2 Å². The van der Waals surface area contributed by atoms with Gasteiger partial charge in [0.2, 0.25) is 0 Å². The molecular weight excluding hydrogens is 264 g/mol. The van der Waals surface area contributed by atoms with Gasteiger partial charge < -0.3 is 15.2 Å². The molecular formula is C17H26N2O2. The minimum Gasteiger partial charge on any atom is -0.497 e. The van der Waals surface area contributed by atoms with E-state index in [4.69, 9.17) is 4.74 Å². The van der Waals surface area contributed by atoms with Crippen LogP contribution in [0.15, 0.2) is 24.3 Å². The van der Waals surface area contributed by atoms with Gasteiger partial charge in [-0.1, -0.05) is 12.1 Å². The van der Waals surface area contributed by atoms with E-state index in [-0.39, 0.29) is 0 Å². The molecule has 0 radical (unpaired) electrons. The normalized spacial score (nSPS) is 23.5. The summed E-state index contributed by atoms with van der Waals surface area (Å²) >= 11 is 0. The highest BCUT2D eigenvalue weighted by Crippen LogP contribution is 2.30. The molecule has 1 heterocycles. The molecule has 2 fully saturated rings. The average Bonchev–Trinajstić information content (AvgIpc) is 3.24. The fourth-order valence-electron chi connectivity index (χ4n) is 3.18. The van der Waals surface area contributed by atoms with Crippen LogP contribution in [0.1, 0.15) is 37.4 Å². The molecule has 1 aromatic rings. The van der Waals surface area contributed by atoms with Crippen molar-refractivity contribution in [3.63, 3.8) is 0 Å². The highest BCUT2D eigenvalue weighted by molar-refractivity contribution is 5.30. The second-order valence-electron chi connectivity index (χ2n) is 6.27. The smallest absolute Gasteiger partial charge is 0.119 e. The molecule has 0 amide bonds. The van der Waals surface area contributed by atoms with Crippen LogP contribution in [-0.4, -0.2) is 48.8 Å². The lowest BCUT2D eigenvalue weighted by molar-refractivity contribution is 0.103. The molecule has 4 heteroatoms. The Hall–Kier alpha value is -1.10. The van der Waals surface area contributed by atoms with Crippen LogP contribution in [0.25, 0.3) is 0 Å². The third-order valence-corrected chi connectivity index (χ3v) is 4.57. The van der Waals surface area contributed by atoms with E-state index >= 15 is 0 Å². The number of aliphatic hydroxyl groups excluding tert-OH is 1. The lowest BCUT2D eigenvalue weighted by atomic mass is 10.1. The Morgan fingerprint density at radius 2 is 2.24 bits per heavy atom. The number of rotatable bonds is 7. The zero-order valence-corrected chi connectivity index (χ0v) is 12.8. The van der Waals surface area contributed by atoms with Gasteiger partial charge in [0, 0.05) is 25.2 Å². The molecule has 1 saturated heterocycles. The maximum Gasteiger partial charge on any atom is 0.119 e. The van der Waals surface area contributed by atoms with Crippen LogP contribution < -0.4 is 10.1 Å². The molecule has 3 rings (SSSR count). The number of benzene rings is 1. The summed E-state index contributed by atoms with van der Waals surface area (Å²) in [6.45, 7) is 2.92. The summed E-state index contributed by atoms with van der Waals surface area (Å²) in [4.78, 5) is 2.47. The van der Waals surface area contributed by atoms with Crippen LogP contribution in [0.5, 0.6) is 5.75 Å². The van der Waals surface area contributed by atoms with Crippen LogP contribution in [0.2, 0.25) is 0 Å². The van der Waals surface area contributed by atoms with Gasteiger partial charge in [-0.3, -0.25) is 4.90 Å². The van der Waals surface area contributed by atoms with Gasteiger partial charge in [0.15, 0.2) is 0 Å². The van der Waals surface area contributed by atoms with Gasteiger partial charge in [-0.25, -0.2) is 0 Å². The number of ether oxygens (including phenoxy) is 1. The Kier molecular flexibility index (Phi) is 4.78. The van der Waals surface area contributed by atoms with Crippen molar-refractivity contribution in [1.29, 1.82) is 0 Å². The largest absolute Gasteiger partial charge is 0.497 e. The van der Waals surface area contributed by atoms with Crippen molar-refractivity contribution in [1.82, 2.24) is 10.2 Å². The van der Waals surface area contributed by atoms with Gasteiger partial charge in [-0.05, 0) is 49.9 Å². The zero-order valence-electron chi connectivity index (χ0n) is 12.8. The molecule has 1 saturated carbocycles. The Balaban J connectivity index is 1.61. The number of hydrogen-bond donors (Lipinski definition) is 2. The van der Waals surface area contributed by atoms with Crippen molar-refractivity contribution < 1.29 is 9.84 Å². The summed E-state index contributed by atoms with van der Waals surface area (Å²) in [7, 11) is 1.66. The molecule has 1 aromatic carbocycles. The average molecular weight is 290 g/mol. The number of aliphatic hydroxyl groups is 1. The van der Waals surface area contributed by atoms with Gasteiger partial charge in [-0.15, -0.1) is 0 Å². The van der Waals surface area contributed by atoms with Gasteiger partial charge in [-0.2, -0.15) is 0 Å². The predicted octanol–water partition coefficient (Wildman–Crippen LogP) is 1.94. The summed E-state index contributed by atoms with van der Waals surface area (Å²) in [5.41, 5.74) is 0.944. The first-order chi connectivity index (χ1) is 10.3. The van der Waals surface area contributed by atoms with Crippen LogP contribution in [0, 0.1) is 0 Å². The molecule has 4 nitrogen and oxygen atoms in total. The lowest BCUT2D eigenvalue weighted by Crippen LogP contribution is -2.40. The van der Waals surface area contributed by atoms with E-state index in [0.29, 0.717) is 12.1 Å². The van der Waals surface area contributed by atoms with E-state index < -0.39 is 6.10 Å². The topological polar surface area (TPSA) is 44.7 Å². The second kappa shape index (κ2) is 6.77. The SMILES string of the molecule is COc1cccc(C(O)CN(CC2CCCN2)C2CC2)c1. The molecule has 0 bridgehead atoms. The minimum atomic E-state index is -0.442. The maximum atomic E-state index is 10.5. The highest BCUT2D eigenvalue weighted by atomic mass is 16.5. The molecule has 0 spiro atoms. The summed E-state index contributed by atoms with van der Waals surface area (Å²) in [6.07, 6.45) is 4.65. The Labute approximate surface area is 127 Å². The zero-order chi connectivity index (χ0) is 14.7. The monoisotopic (exact) mass is 290 g/mol. The first-order valence-electron chi connectivity index (χ1n) is 8.05. The Morgan fingerprint density at radius 3 is 2.90 bits per heavy atom. The molecule has 2 unspecified atom stereocenters. The number of nitrogens with zero attached hydrogens (tertiary/aromatic N) is 1. The van der Waals surface area contributed by atoms with E-state index in [1.54, 1.807) is 7.11 Å². The quantitative estimate of drug-likeness (QED) is 0.805. The third kappa shape index (κ3) is 3.96. The predicted molar refractivity (Wildman–Crippen MR) is 83.6 cm³/mol. The minimum absolute atomic E-state index is 0.442. The van der Waals surface area contributed by atoms with E-state index in [9.17, 15) is 5.11 Å². The molecule has 21 heavy (non-hydrogen) atoms. The van der Waals surface area contributed by atoms with Gasteiger partial charge in [0.05, 0.1) is 13.2 Å². The number of nitrogens with one attached hydrogen (secondary N) is 1. The molecule has 0 aromatic heterocycles. The standard InChI is InChI=1S/C17H26N2O2/c1-21-16-6-2-4-13(10-16)17(20)12-19(15-7-8-15)11-14-5-3-9-18-14/h2,4,6,10,14-15,17-18,20H,3,5,7-9,11-12H2,1H3. The summed E-state index contributed by atoms with van der Waals surface area (Å²) in [5.74, 6) is 0.807. The summed E-state index contributed by atoms with van der Waals surface area (Å²) in [5, 5.41) is 14.1. The van der Waals surface area contributed by atoms with Gasteiger partial charge >= 0.3 is 0 Å². The van der Waals surface area contributed by atoms with E-state index in [1.807, 2.05) is 24.3 Å². The lowest BCUT2D eigenvalue weighted by Gasteiger charge is -2.28. The first-order valence-corrected chi connectivity index (χ1v) is 8.05. The molecule has 1 aliphatic heterocycles. The molecule has 2 N–H and O–H groups in total. The molecule has 2 aliphatic rings. The third-order valence-electron chi connectivity index (χ3n) is 4.57. The van der Waals surface area contributed by atoms with Crippen molar-refractivity contribution in [2.45, 2.75) is 43.9 Å². The van der Waals surface area contributed by atoms with E-state index in [1.165, 1.54) is 25.7 Å². The van der Waals surface area contributed by atoms with Crippen LogP contribution in [0.3, 0.4) is 0 Å². The number of hydrogen-bond acceptors (Lipinski definition) is 4. The molecule has 2 atom stereocenters. The maximum absolute atomic E-state index is 10.5. The van der Waals surface area contributed by atoms with Crippen molar-refractivity contribution in [3.8, 4) is 5.75 Å². The van der Waals surface area contributed by atoms with Gasteiger partial charge in [0.25, 0.3) is 0 Å². The fraction of sp³-hybridized carbons (Fsp3) is 0.647. The first kappa shape index (κ1) is 14.8. The summed E-state index contributed by atoms with van der Waals surface area (Å²) in [6, 6.07) is 9.04. The van der Waals surface area contributed by atoms with E-state index in [0.717, 1.165) is 30.9 Å². The van der Waals surface area contributed by atoms with Crippen LogP contribution in [0.4, 0.5) is 0 Å². The Morgan fingerprint density at radius 1 is 1.38 bits per heavy atom. The van der Waals surface area contributed by atoms with Crippen molar-refractivity contribution >= 4 is 0 Å². The van der Waals surface area contributed by atoms with Crippen LogP contribution in [-0.2, 0) is 0 Å². The van der Waals surface area contributed by atoms with Crippen LogP contribution >= 0.6 is 0 Å². The highest BCUT2D eigenvalue weighted by Gasteiger charge is 2.32. The summed E-state index contributed by atoms with van der Waals surface area (Å²) < 4.78 is 5.24. The molecule has 116 valence electrons. The fourth-order valence-corrected chi connectivity index (χ4v) is 3.18. The van der Waals surface area contributed by atoms with Crippen molar-refractivity contribution in [2.24, 2.45) is 0 Å². The second-order valence-corrected chi connectivity index (χ2v) is 6.27. The molecule has 1 aliphatic carbocycles. The Bertz CT molecular complexity index is 456.